The van der Waals surface area contributed by atoms with Gasteiger partial charge in [0.05, 0.1) is 23.1 Å². The summed E-state index contributed by atoms with van der Waals surface area (Å²) in [4.78, 5) is 19.6. The average molecular weight is 425 g/mol. The summed E-state index contributed by atoms with van der Waals surface area (Å²) in [5.41, 5.74) is 1.28. The second kappa shape index (κ2) is 7.96. The van der Waals surface area contributed by atoms with Crippen molar-refractivity contribution in [1.82, 2.24) is 14.9 Å². The lowest BCUT2D eigenvalue weighted by Crippen LogP contribution is -2.49. The SMILES string of the molecule is C[C@H]1CNCCN1c1ccc(Nc2cc(B3OC(C)(C)C(C)(C)O3)cn(C)c2=O)nc1. The van der Waals surface area contributed by atoms with Gasteiger partial charge in [-0.25, -0.2) is 4.98 Å². The molecule has 2 saturated heterocycles. The van der Waals surface area contributed by atoms with Crippen molar-refractivity contribution in [2.75, 3.05) is 29.9 Å². The number of aromatic nitrogens is 2. The predicted molar refractivity (Wildman–Crippen MR) is 125 cm³/mol. The summed E-state index contributed by atoms with van der Waals surface area (Å²) in [6, 6.07) is 6.15. The summed E-state index contributed by atoms with van der Waals surface area (Å²) in [6.07, 6.45) is 3.62. The van der Waals surface area contributed by atoms with Crippen LogP contribution in [0.4, 0.5) is 17.2 Å². The third kappa shape index (κ3) is 4.22. The Balaban J connectivity index is 1.56. The van der Waals surface area contributed by atoms with E-state index in [1.807, 2.05) is 46.0 Å². The first-order chi connectivity index (χ1) is 14.6. The first kappa shape index (κ1) is 21.9. The van der Waals surface area contributed by atoms with Crippen molar-refractivity contribution >= 4 is 29.8 Å². The maximum absolute atomic E-state index is 12.7. The summed E-state index contributed by atoms with van der Waals surface area (Å²) in [6.45, 7) is 13.1. The van der Waals surface area contributed by atoms with E-state index in [1.165, 1.54) is 0 Å². The Morgan fingerprint density at radius 2 is 1.94 bits per heavy atom. The minimum Gasteiger partial charge on any atom is -0.399 e. The lowest BCUT2D eigenvalue weighted by Gasteiger charge is -2.35. The number of aryl methyl sites for hydroxylation is 1. The number of anilines is 3. The van der Waals surface area contributed by atoms with Gasteiger partial charge in [0, 0.05) is 44.4 Å². The first-order valence-electron chi connectivity index (χ1n) is 10.8. The van der Waals surface area contributed by atoms with Crippen molar-refractivity contribution in [3.8, 4) is 0 Å². The van der Waals surface area contributed by atoms with Gasteiger partial charge in [0.15, 0.2) is 0 Å². The Morgan fingerprint density at radius 3 is 2.55 bits per heavy atom. The van der Waals surface area contributed by atoms with E-state index in [0.717, 1.165) is 30.8 Å². The summed E-state index contributed by atoms with van der Waals surface area (Å²) in [5, 5.41) is 6.57. The van der Waals surface area contributed by atoms with E-state index in [-0.39, 0.29) is 5.56 Å². The molecule has 166 valence electrons. The molecule has 2 N–H and O–H groups in total. The highest BCUT2D eigenvalue weighted by Crippen LogP contribution is 2.36. The molecule has 9 heteroatoms. The van der Waals surface area contributed by atoms with Crippen LogP contribution in [0.15, 0.2) is 35.4 Å². The topological polar surface area (TPSA) is 80.7 Å². The van der Waals surface area contributed by atoms with Gasteiger partial charge >= 0.3 is 7.12 Å². The second-order valence-electron chi connectivity index (χ2n) is 9.46. The number of nitrogens with one attached hydrogen (secondary N) is 2. The molecule has 1 atom stereocenters. The van der Waals surface area contributed by atoms with Gasteiger partial charge in [0.1, 0.15) is 11.5 Å². The third-order valence-corrected chi connectivity index (χ3v) is 6.57. The summed E-state index contributed by atoms with van der Waals surface area (Å²) < 4.78 is 13.8. The van der Waals surface area contributed by atoms with Crippen molar-refractivity contribution in [3.63, 3.8) is 0 Å². The molecule has 0 saturated carbocycles. The van der Waals surface area contributed by atoms with Crippen LogP contribution in [0.1, 0.15) is 34.6 Å². The number of hydrogen-bond donors (Lipinski definition) is 2. The van der Waals surface area contributed by atoms with E-state index in [0.29, 0.717) is 17.5 Å². The fraction of sp³-hybridized carbons (Fsp3) is 0.545. The van der Waals surface area contributed by atoms with Gasteiger partial charge in [0.2, 0.25) is 0 Å². The van der Waals surface area contributed by atoms with Gasteiger partial charge in [-0.15, -0.1) is 0 Å². The molecular weight excluding hydrogens is 393 g/mol. The minimum atomic E-state index is -0.540. The van der Waals surface area contributed by atoms with Crippen molar-refractivity contribution in [3.05, 3.63) is 40.9 Å². The van der Waals surface area contributed by atoms with Crippen LogP contribution >= 0.6 is 0 Å². The molecular formula is C22H32BN5O3. The molecule has 4 rings (SSSR count). The molecule has 0 aromatic carbocycles. The second-order valence-corrected chi connectivity index (χ2v) is 9.46. The van der Waals surface area contributed by atoms with Crippen molar-refractivity contribution < 1.29 is 9.31 Å². The van der Waals surface area contributed by atoms with Gasteiger partial charge < -0.3 is 29.4 Å². The van der Waals surface area contributed by atoms with Gasteiger partial charge in [-0.3, -0.25) is 4.79 Å². The quantitative estimate of drug-likeness (QED) is 0.721. The average Bonchev–Trinajstić information content (AvgIpc) is 2.93. The molecule has 8 nitrogen and oxygen atoms in total. The molecule has 0 bridgehead atoms. The largest absolute Gasteiger partial charge is 0.496 e. The summed E-state index contributed by atoms with van der Waals surface area (Å²) >= 11 is 0. The molecule has 31 heavy (non-hydrogen) atoms. The van der Waals surface area contributed by atoms with Crippen molar-refractivity contribution in [1.29, 1.82) is 0 Å². The van der Waals surface area contributed by atoms with E-state index in [1.54, 1.807) is 23.9 Å². The predicted octanol–water partition coefficient (Wildman–Crippen LogP) is 1.62. The Bertz CT molecular complexity index is 989. The molecule has 0 aliphatic carbocycles. The molecule has 0 spiro atoms. The first-order valence-corrected chi connectivity index (χ1v) is 10.8. The maximum Gasteiger partial charge on any atom is 0.496 e. The molecule has 2 fully saturated rings. The highest BCUT2D eigenvalue weighted by atomic mass is 16.7. The Labute approximate surface area is 184 Å². The standard InChI is InChI=1S/C22H32BN5O3/c1-15-12-24-9-10-28(15)17-7-8-19(25-13-17)26-18-11-16(14-27(6)20(18)29)23-30-21(2,3)22(4,5)31-23/h7-8,11,13-15,24H,9-10,12H2,1-6H3,(H,25,26)/t15-/m0/s1. The third-order valence-electron chi connectivity index (χ3n) is 6.57. The highest BCUT2D eigenvalue weighted by molar-refractivity contribution is 6.62. The molecule has 0 radical (unpaired) electrons. The van der Waals surface area contributed by atoms with E-state index in [9.17, 15) is 4.79 Å². The Hall–Kier alpha value is -2.36. The normalized spacial score (nSPS) is 22.6. The minimum absolute atomic E-state index is 0.137. The molecule has 2 aliphatic rings. The monoisotopic (exact) mass is 425 g/mol. The van der Waals surface area contributed by atoms with Gasteiger partial charge in [-0.2, -0.15) is 0 Å². The summed E-state index contributed by atoms with van der Waals surface area (Å²) in [7, 11) is 1.19. The molecule has 0 amide bonds. The molecule has 2 aromatic rings. The van der Waals surface area contributed by atoms with Gasteiger partial charge in [-0.1, -0.05) is 0 Å². The smallest absolute Gasteiger partial charge is 0.399 e. The zero-order valence-electron chi connectivity index (χ0n) is 19.2. The fourth-order valence-electron chi connectivity index (χ4n) is 3.93. The van der Waals surface area contributed by atoms with Crippen molar-refractivity contribution in [2.24, 2.45) is 7.05 Å². The number of pyridine rings is 2. The molecule has 2 aliphatic heterocycles. The summed E-state index contributed by atoms with van der Waals surface area (Å²) in [5.74, 6) is 0.620. The van der Waals surface area contributed by atoms with Crippen LogP contribution in [0.25, 0.3) is 0 Å². The van der Waals surface area contributed by atoms with Crippen LogP contribution in [0.5, 0.6) is 0 Å². The molecule has 0 unspecified atom stereocenters. The Kier molecular flexibility index (Phi) is 5.62. The van der Waals surface area contributed by atoms with E-state index in [2.05, 4.69) is 27.4 Å². The van der Waals surface area contributed by atoms with E-state index < -0.39 is 18.3 Å². The van der Waals surface area contributed by atoms with E-state index in [4.69, 9.17) is 9.31 Å². The maximum atomic E-state index is 12.7. The number of piperazine rings is 1. The van der Waals surface area contributed by atoms with Crippen LogP contribution in [-0.2, 0) is 16.4 Å². The molecule has 4 heterocycles. The van der Waals surface area contributed by atoms with Crippen molar-refractivity contribution in [2.45, 2.75) is 51.9 Å². The fourth-order valence-corrected chi connectivity index (χ4v) is 3.93. The van der Waals surface area contributed by atoms with Crippen LogP contribution in [0, 0.1) is 0 Å². The van der Waals surface area contributed by atoms with Crippen LogP contribution in [0.3, 0.4) is 0 Å². The van der Waals surface area contributed by atoms with Crippen LogP contribution in [0.2, 0.25) is 0 Å². The number of nitrogens with zero attached hydrogens (tertiary/aromatic N) is 3. The zero-order chi connectivity index (χ0) is 22.4. The lowest BCUT2D eigenvalue weighted by molar-refractivity contribution is 0.00578. The van der Waals surface area contributed by atoms with Crippen LogP contribution in [-0.4, -0.2) is 53.5 Å². The van der Waals surface area contributed by atoms with Gasteiger partial charge in [-0.05, 0) is 52.8 Å². The lowest BCUT2D eigenvalue weighted by atomic mass is 9.80. The number of rotatable bonds is 4. The highest BCUT2D eigenvalue weighted by Gasteiger charge is 2.52. The molecule has 2 aromatic heterocycles. The van der Waals surface area contributed by atoms with Crippen LogP contribution < -0.4 is 26.6 Å². The van der Waals surface area contributed by atoms with E-state index >= 15 is 0 Å². The zero-order valence-corrected chi connectivity index (χ0v) is 19.2. The Morgan fingerprint density at radius 1 is 1.23 bits per heavy atom. The van der Waals surface area contributed by atoms with Gasteiger partial charge in [0.25, 0.3) is 5.56 Å². The number of hydrogen-bond acceptors (Lipinski definition) is 7.